The van der Waals surface area contributed by atoms with Crippen LogP contribution >= 0.6 is 12.4 Å². The van der Waals surface area contributed by atoms with Crippen molar-refractivity contribution in [2.75, 3.05) is 7.05 Å². The van der Waals surface area contributed by atoms with Gasteiger partial charge in [-0.3, -0.25) is 4.79 Å². The van der Waals surface area contributed by atoms with E-state index in [1.165, 1.54) is 11.1 Å². The first-order valence-corrected chi connectivity index (χ1v) is 6.16. The van der Waals surface area contributed by atoms with Crippen molar-refractivity contribution in [3.8, 4) is 0 Å². The van der Waals surface area contributed by atoms with Crippen molar-refractivity contribution in [1.82, 2.24) is 4.90 Å². The van der Waals surface area contributed by atoms with Gasteiger partial charge in [-0.15, -0.1) is 12.4 Å². The highest BCUT2D eigenvalue weighted by atomic mass is 35.5. The molecule has 0 saturated carbocycles. The number of likely N-dealkylation sites (N-methyl/N-ethyl adjacent to an activating group) is 1. The largest absolute Gasteiger partial charge is 0.342 e. The zero-order chi connectivity index (χ0) is 12.4. The van der Waals surface area contributed by atoms with Gasteiger partial charge >= 0.3 is 0 Å². The number of nitrogens with zero attached hydrogens (tertiary/aromatic N) is 1. The second-order valence-corrected chi connectivity index (χ2v) is 5.02. The number of rotatable bonds is 3. The third kappa shape index (κ3) is 3.24. The lowest BCUT2D eigenvalue weighted by molar-refractivity contribution is -0.132. The molecule has 1 unspecified atom stereocenters. The summed E-state index contributed by atoms with van der Waals surface area (Å²) in [6, 6.07) is 8.67. The lowest BCUT2D eigenvalue weighted by Gasteiger charge is -2.25. The highest BCUT2D eigenvalue weighted by molar-refractivity contribution is 5.85. The number of halogens is 1. The predicted molar refractivity (Wildman–Crippen MR) is 75.9 cm³/mol. The first kappa shape index (κ1) is 15.0. The summed E-state index contributed by atoms with van der Waals surface area (Å²) in [5.41, 5.74) is 8.41. The minimum absolute atomic E-state index is 0. The Hall–Kier alpha value is -1.06. The van der Waals surface area contributed by atoms with Crippen LogP contribution in [-0.2, 0) is 17.6 Å². The maximum atomic E-state index is 11.9. The molecule has 0 heterocycles. The van der Waals surface area contributed by atoms with Crippen LogP contribution in [0.4, 0.5) is 0 Å². The number of carbonyl (C=O) groups is 1. The highest BCUT2D eigenvalue weighted by Crippen LogP contribution is 2.25. The van der Waals surface area contributed by atoms with Crippen molar-refractivity contribution in [2.24, 2.45) is 5.73 Å². The van der Waals surface area contributed by atoms with E-state index in [2.05, 4.69) is 24.3 Å². The summed E-state index contributed by atoms with van der Waals surface area (Å²) < 4.78 is 0. The first-order chi connectivity index (χ1) is 8.08. The van der Waals surface area contributed by atoms with Crippen LogP contribution in [0.2, 0.25) is 0 Å². The minimum atomic E-state index is -0.0614. The number of nitrogens with two attached hydrogens (primary N) is 1. The molecular weight excluding hydrogens is 248 g/mol. The molecule has 1 amide bonds. The summed E-state index contributed by atoms with van der Waals surface area (Å²) in [5, 5.41) is 0. The SMILES string of the molecule is CC(N)CC(=O)N(C)C1Cc2ccccc2C1.Cl. The lowest BCUT2D eigenvalue weighted by Crippen LogP contribution is -2.39. The van der Waals surface area contributed by atoms with Gasteiger partial charge in [-0.1, -0.05) is 24.3 Å². The monoisotopic (exact) mass is 268 g/mol. The zero-order valence-electron chi connectivity index (χ0n) is 10.9. The number of amides is 1. The third-order valence-corrected chi connectivity index (χ3v) is 3.47. The number of hydrogen-bond donors (Lipinski definition) is 1. The molecule has 0 radical (unpaired) electrons. The van der Waals surface area contributed by atoms with Gasteiger partial charge in [-0.05, 0) is 30.9 Å². The van der Waals surface area contributed by atoms with E-state index < -0.39 is 0 Å². The van der Waals surface area contributed by atoms with Crippen LogP contribution in [0.15, 0.2) is 24.3 Å². The molecule has 0 aliphatic heterocycles. The molecule has 0 fully saturated rings. The molecule has 0 bridgehead atoms. The Morgan fingerprint density at radius 2 is 1.89 bits per heavy atom. The van der Waals surface area contributed by atoms with Gasteiger partial charge in [0.1, 0.15) is 0 Å². The normalized spacial score (nSPS) is 15.7. The van der Waals surface area contributed by atoms with E-state index in [0.29, 0.717) is 12.5 Å². The number of fused-ring (bicyclic) bond motifs is 1. The van der Waals surface area contributed by atoms with Crippen LogP contribution < -0.4 is 5.73 Å². The second-order valence-electron chi connectivity index (χ2n) is 5.02. The maximum Gasteiger partial charge on any atom is 0.224 e. The van der Waals surface area contributed by atoms with Crippen molar-refractivity contribution in [3.63, 3.8) is 0 Å². The van der Waals surface area contributed by atoms with Crippen LogP contribution in [0.1, 0.15) is 24.5 Å². The van der Waals surface area contributed by atoms with E-state index in [0.717, 1.165) is 12.8 Å². The van der Waals surface area contributed by atoms with E-state index in [4.69, 9.17) is 5.73 Å². The Morgan fingerprint density at radius 3 is 2.33 bits per heavy atom. The van der Waals surface area contributed by atoms with Crippen LogP contribution in [0.5, 0.6) is 0 Å². The van der Waals surface area contributed by atoms with Gasteiger partial charge in [0.15, 0.2) is 0 Å². The van der Waals surface area contributed by atoms with E-state index in [9.17, 15) is 4.79 Å². The molecule has 100 valence electrons. The molecule has 3 nitrogen and oxygen atoms in total. The fourth-order valence-electron chi connectivity index (χ4n) is 2.43. The van der Waals surface area contributed by atoms with E-state index in [1.807, 2.05) is 18.9 Å². The molecule has 4 heteroatoms. The lowest BCUT2D eigenvalue weighted by atomic mass is 10.1. The topological polar surface area (TPSA) is 46.3 Å². The summed E-state index contributed by atoms with van der Waals surface area (Å²) in [7, 11) is 1.89. The summed E-state index contributed by atoms with van der Waals surface area (Å²) in [6.45, 7) is 1.87. The van der Waals surface area contributed by atoms with Crippen molar-refractivity contribution < 1.29 is 4.79 Å². The van der Waals surface area contributed by atoms with Gasteiger partial charge in [-0.2, -0.15) is 0 Å². The van der Waals surface area contributed by atoms with Crippen LogP contribution in [-0.4, -0.2) is 29.9 Å². The summed E-state index contributed by atoms with van der Waals surface area (Å²) in [6.07, 6.45) is 2.37. The van der Waals surface area contributed by atoms with Gasteiger partial charge in [0.25, 0.3) is 0 Å². The fourth-order valence-corrected chi connectivity index (χ4v) is 2.43. The molecule has 1 aliphatic carbocycles. The maximum absolute atomic E-state index is 11.9. The Morgan fingerprint density at radius 1 is 1.39 bits per heavy atom. The molecule has 18 heavy (non-hydrogen) atoms. The first-order valence-electron chi connectivity index (χ1n) is 6.16. The standard InChI is InChI=1S/C14H20N2O.ClH/c1-10(15)7-14(17)16(2)13-8-11-5-3-4-6-12(11)9-13;/h3-6,10,13H,7-9,15H2,1-2H3;1H. The Balaban J connectivity index is 0.00000162. The van der Waals surface area contributed by atoms with Gasteiger partial charge in [0, 0.05) is 25.6 Å². The Bertz CT molecular complexity index is 395. The minimum Gasteiger partial charge on any atom is -0.342 e. The van der Waals surface area contributed by atoms with Gasteiger partial charge in [0.05, 0.1) is 0 Å². The zero-order valence-corrected chi connectivity index (χ0v) is 11.7. The van der Waals surface area contributed by atoms with Gasteiger partial charge in [0.2, 0.25) is 5.91 Å². The summed E-state index contributed by atoms with van der Waals surface area (Å²) >= 11 is 0. The molecule has 1 aliphatic rings. The van der Waals surface area contributed by atoms with Crippen molar-refractivity contribution in [2.45, 2.75) is 38.3 Å². The molecule has 0 saturated heterocycles. The number of hydrogen-bond acceptors (Lipinski definition) is 2. The molecule has 0 spiro atoms. The average molecular weight is 269 g/mol. The number of carbonyl (C=O) groups excluding carboxylic acids is 1. The summed E-state index contributed by atoms with van der Waals surface area (Å²) in [4.78, 5) is 13.8. The molecule has 2 N–H and O–H groups in total. The van der Waals surface area contributed by atoms with E-state index in [-0.39, 0.29) is 24.4 Å². The van der Waals surface area contributed by atoms with Gasteiger partial charge < -0.3 is 10.6 Å². The predicted octanol–water partition coefficient (Wildman–Crippen LogP) is 1.77. The van der Waals surface area contributed by atoms with Crippen LogP contribution in [0.3, 0.4) is 0 Å². The van der Waals surface area contributed by atoms with Crippen molar-refractivity contribution >= 4 is 18.3 Å². The third-order valence-electron chi connectivity index (χ3n) is 3.47. The molecule has 1 aromatic rings. The fraction of sp³-hybridized carbons (Fsp3) is 0.500. The molecule has 0 aromatic heterocycles. The van der Waals surface area contributed by atoms with Crippen LogP contribution in [0.25, 0.3) is 0 Å². The van der Waals surface area contributed by atoms with Crippen molar-refractivity contribution in [1.29, 1.82) is 0 Å². The average Bonchev–Trinajstić information content (AvgIpc) is 2.70. The smallest absolute Gasteiger partial charge is 0.224 e. The quantitative estimate of drug-likeness (QED) is 0.908. The van der Waals surface area contributed by atoms with E-state index >= 15 is 0 Å². The molecule has 1 atom stereocenters. The Kier molecular flexibility index (Phi) is 5.17. The molecule has 1 aromatic carbocycles. The highest BCUT2D eigenvalue weighted by Gasteiger charge is 2.27. The van der Waals surface area contributed by atoms with E-state index in [1.54, 1.807) is 0 Å². The summed E-state index contributed by atoms with van der Waals surface area (Å²) in [5.74, 6) is 0.151. The van der Waals surface area contributed by atoms with Gasteiger partial charge in [-0.25, -0.2) is 0 Å². The molecular formula is C14H21ClN2O. The molecule has 2 rings (SSSR count). The number of benzene rings is 1. The Labute approximate surface area is 115 Å². The second kappa shape index (κ2) is 6.21. The van der Waals surface area contributed by atoms with Crippen molar-refractivity contribution in [3.05, 3.63) is 35.4 Å². The van der Waals surface area contributed by atoms with Crippen LogP contribution in [0, 0.1) is 0 Å².